The second kappa shape index (κ2) is 7.01. The van der Waals surface area contributed by atoms with Crippen molar-refractivity contribution in [3.63, 3.8) is 0 Å². The number of rotatable bonds is 4. The smallest absolute Gasteiger partial charge is 0.129 e. The van der Waals surface area contributed by atoms with Crippen molar-refractivity contribution in [1.82, 2.24) is 0 Å². The molecule has 0 spiro atoms. The molecule has 1 aliphatic carbocycles. The highest BCUT2D eigenvalue weighted by molar-refractivity contribution is 7.86. The number of hydrogen-bond acceptors (Lipinski definition) is 2. The zero-order chi connectivity index (χ0) is 17.2. The maximum atomic E-state index is 13.0. The average Bonchev–Trinajstić information content (AvgIpc) is 2.47. The summed E-state index contributed by atoms with van der Waals surface area (Å²) in [6, 6.07) is 10.1. The van der Waals surface area contributed by atoms with Crippen LogP contribution in [0.25, 0.3) is 0 Å². The summed E-state index contributed by atoms with van der Waals surface area (Å²) in [5, 5.41) is 9.29. The van der Waals surface area contributed by atoms with E-state index in [0.717, 1.165) is 35.3 Å². The fourth-order valence-corrected chi connectivity index (χ4v) is 5.09. The van der Waals surface area contributed by atoms with Gasteiger partial charge in [0, 0.05) is 4.90 Å². The van der Waals surface area contributed by atoms with Crippen LogP contribution in [-0.2, 0) is 10.8 Å². The van der Waals surface area contributed by atoms with Gasteiger partial charge >= 0.3 is 0 Å². The van der Waals surface area contributed by atoms with Gasteiger partial charge in [0.15, 0.2) is 0 Å². The molecular formula is C20H27NOS. The molecule has 0 amide bonds. The third-order valence-electron chi connectivity index (χ3n) is 5.07. The number of allylic oxidation sites excluding steroid dienone is 1. The Kier molecular flexibility index (Phi) is 5.47. The van der Waals surface area contributed by atoms with E-state index in [2.05, 4.69) is 26.5 Å². The predicted octanol–water partition coefficient (Wildman–Crippen LogP) is 5.01. The Morgan fingerprint density at radius 3 is 2.52 bits per heavy atom. The van der Waals surface area contributed by atoms with Crippen molar-refractivity contribution in [2.24, 2.45) is 17.3 Å². The highest BCUT2D eigenvalue weighted by atomic mass is 32.2. The first-order valence-electron chi connectivity index (χ1n) is 8.27. The van der Waals surface area contributed by atoms with Crippen molar-refractivity contribution in [1.29, 1.82) is 5.26 Å². The Balaban J connectivity index is 2.33. The molecule has 1 fully saturated rings. The van der Waals surface area contributed by atoms with Crippen molar-refractivity contribution in [2.45, 2.75) is 57.1 Å². The summed E-state index contributed by atoms with van der Waals surface area (Å²) in [6.45, 7) is 12.7. The van der Waals surface area contributed by atoms with E-state index in [1.54, 1.807) is 0 Å². The lowest BCUT2D eigenvalue weighted by atomic mass is 9.64. The molecule has 1 saturated carbocycles. The molecule has 1 aliphatic rings. The van der Waals surface area contributed by atoms with Crippen LogP contribution < -0.4 is 0 Å². The number of benzene rings is 1. The molecule has 1 aromatic carbocycles. The van der Waals surface area contributed by atoms with Crippen molar-refractivity contribution >= 4 is 10.8 Å². The molecular weight excluding hydrogens is 302 g/mol. The second-order valence-corrected chi connectivity index (χ2v) is 9.26. The minimum atomic E-state index is -1.30. The van der Waals surface area contributed by atoms with Crippen LogP contribution in [0.2, 0.25) is 0 Å². The summed E-state index contributed by atoms with van der Waals surface area (Å²) in [7, 11) is -1.30. The molecule has 1 aromatic rings. The quantitative estimate of drug-likeness (QED) is 0.728. The molecule has 0 heterocycles. The monoisotopic (exact) mass is 329 g/mol. The molecule has 0 saturated heterocycles. The van der Waals surface area contributed by atoms with Gasteiger partial charge in [0.05, 0.1) is 16.9 Å². The van der Waals surface area contributed by atoms with E-state index >= 15 is 0 Å². The van der Waals surface area contributed by atoms with Crippen LogP contribution in [0.1, 0.15) is 45.6 Å². The molecule has 23 heavy (non-hydrogen) atoms. The average molecular weight is 330 g/mol. The highest BCUT2D eigenvalue weighted by Gasteiger charge is 2.41. The molecule has 2 rings (SSSR count). The van der Waals surface area contributed by atoms with Crippen LogP contribution in [0.5, 0.6) is 0 Å². The van der Waals surface area contributed by atoms with Crippen LogP contribution in [0.4, 0.5) is 0 Å². The summed E-state index contributed by atoms with van der Waals surface area (Å²) in [4.78, 5) is 0.756. The van der Waals surface area contributed by atoms with Crippen molar-refractivity contribution in [3.8, 4) is 6.07 Å². The summed E-state index contributed by atoms with van der Waals surface area (Å²) >= 11 is 0. The van der Waals surface area contributed by atoms with E-state index in [1.165, 1.54) is 0 Å². The van der Waals surface area contributed by atoms with Crippen LogP contribution in [0.15, 0.2) is 41.3 Å². The molecule has 0 unspecified atom stereocenters. The van der Waals surface area contributed by atoms with Gasteiger partial charge < -0.3 is 0 Å². The van der Waals surface area contributed by atoms with E-state index in [4.69, 9.17) is 0 Å². The summed E-state index contributed by atoms with van der Waals surface area (Å²) < 4.78 is 13.0. The molecule has 124 valence electrons. The zero-order valence-electron chi connectivity index (χ0n) is 14.6. The molecule has 4 atom stereocenters. The number of nitrogens with zero attached hydrogens (tertiary/aromatic N) is 1. The van der Waals surface area contributed by atoms with Crippen molar-refractivity contribution in [3.05, 3.63) is 42.0 Å². The topological polar surface area (TPSA) is 40.9 Å². The van der Waals surface area contributed by atoms with Crippen molar-refractivity contribution < 1.29 is 4.21 Å². The molecule has 0 N–H and O–H groups in total. The van der Waals surface area contributed by atoms with Crippen molar-refractivity contribution in [2.75, 3.05) is 0 Å². The van der Waals surface area contributed by atoms with Gasteiger partial charge in [-0.2, -0.15) is 5.26 Å². The number of nitriles is 1. The Morgan fingerprint density at radius 2 is 2.00 bits per heavy atom. The maximum absolute atomic E-state index is 13.0. The first-order valence-corrected chi connectivity index (χ1v) is 9.49. The summed E-state index contributed by atoms with van der Waals surface area (Å²) in [5.41, 5.74) is 2.45. The lowest BCUT2D eigenvalue weighted by molar-refractivity contribution is 0.141. The van der Waals surface area contributed by atoms with Gasteiger partial charge in [-0.15, -0.1) is 0 Å². The van der Waals surface area contributed by atoms with E-state index in [-0.39, 0.29) is 11.3 Å². The number of aryl methyl sites for hydroxylation is 1. The Morgan fingerprint density at radius 1 is 1.39 bits per heavy atom. The predicted molar refractivity (Wildman–Crippen MR) is 96.4 cm³/mol. The SMILES string of the molecule is C=C(C)[C@@H]1CCC(C)(C)C[C@H]1[C@H](C#N)[S@@](=O)c1ccc(C)cc1. The van der Waals surface area contributed by atoms with Gasteiger partial charge in [-0.05, 0) is 62.5 Å². The third kappa shape index (κ3) is 4.12. The fraction of sp³-hybridized carbons (Fsp3) is 0.550. The van der Waals surface area contributed by atoms with Crippen LogP contribution in [0.3, 0.4) is 0 Å². The lowest BCUT2D eigenvalue weighted by Crippen LogP contribution is -2.39. The Labute approximate surface area is 143 Å². The maximum Gasteiger partial charge on any atom is 0.129 e. The molecule has 0 aromatic heterocycles. The zero-order valence-corrected chi connectivity index (χ0v) is 15.5. The minimum absolute atomic E-state index is 0.114. The van der Waals surface area contributed by atoms with Crippen LogP contribution >= 0.6 is 0 Å². The standard InChI is InChI=1S/C20H27NOS/c1-14(2)17-10-11-20(4,5)12-18(17)19(13-21)23(22)16-8-6-15(3)7-9-16/h6-9,17-19H,1,10-12H2,2-5H3/t17-,18+,19-,23-/m0/s1. The van der Waals surface area contributed by atoms with Crippen LogP contribution in [0, 0.1) is 35.5 Å². The van der Waals surface area contributed by atoms with E-state index in [1.807, 2.05) is 38.1 Å². The molecule has 0 radical (unpaired) electrons. The second-order valence-electron chi connectivity index (χ2n) is 7.68. The summed E-state index contributed by atoms with van der Waals surface area (Å²) in [5.74, 6) is 0.408. The molecule has 0 bridgehead atoms. The van der Waals surface area contributed by atoms with Gasteiger partial charge in [-0.3, -0.25) is 4.21 Å². The normalized spacial score (nSPS) is 26.0. The van der Waals surface area contributed by atoms with E-state index < -0.39 is 16.0 Å². The largest absolute Gasteiger partial charge is 0.253 e. The van der Waals surface area contributed by atoms with Gasteiger partial charge in [0.25, 0.3) is 0 Å². The molecule has 3 heteroatoms. The Bertz CT molecular complexity index is 639. The highest BCUT2D eigenvalue weighted by Crippen LogP contribution is 2.46. The minimum Gasteiger partial charge on any atom is -0.253 e. The van der Waals surface area contributed by atoms with Gasteiger partial charge in [0.1, 0.15) is 5.25 Å². The van der Waals surface area contributed by atoms with Crippen LogP contribution in [-0.4, -0.2) is 9.46 Å². The third-order valence-corrected chi connectivity index (χ3v) is 6.72. The summed E-state index contributed by atoms with van der Waals surface area (Å²) in [6.07, 6.45) is 3.10. The first-order chi connectivity index (χ1) is 10.7. The number of hydrogen-bond donors (Lipinski definition) is 0. The Hall–Kier alpha value is -1.40. The van der Waals surface area contributed by atoms with Gasteiger partial charge in [-0.25, -0.2) is 0 Å². The van der Waals surface area contributed by atoms with Gasteiger partial charge in [-0.1, -0.05) is 43.7 Å². The van der Waals surface area contributed by atoms with Gasteiger partial charge in [0.2, 0.25) is 0 Å². The molecule has 2 nitrogen and oxygen atoms in total. The van der Waals surface area contributed by atoms with E-state index in [9.17, 15) is 9.47 Å². The van der Waals surface area contributed by atoms with E-state index in [0.29, 0.717) is 5.92 Å². The lowest BCUT2D eigenvalue weighted by Gasteiger charge is -2.42. The molecule has 0 aliphatic heterocycles. The fourth-order valence-electron chi connectivity index (χ4n) is 3.69. The first kappa shape index (κ1) is 17.9.